The summed E-state index contributed by atoms with van der Waals surface area (Å²) < 4.78 is 5.37. The van der Waals surface area contributed by atoms with Gasteiger partial charge in [0.1, 0.15) is 0 Å². The summed E-state index contributed by atoms with van der Waals surface area (Å²) in [4.78, 5) is 2.52. The van der Waals surface area contributed by atoms with Crippen LogP contribution in [0.25, 0.3) is 0 Å². The third kappa shape index (κ3) is 5.84. The van der Waals surface area contributed by atoms with Gasteiger partial charge in [-0.3, -0.25) is 4.90 Å². The van der Waals surface area contributed by atoms with Crippen LogP contribution in [0.4, 0.5) is 0 Å². The van der Waals surface area contributed by atoms with Crippen molar-refractivity contribution in [1.82, 2.24) is 10.2 Å². The van der Waals surface area contributed by atoms with Crippen LogP contribution >= 0.6 is 0 Å². The standard InChI is InChI=1S/C14H30N2O/c1-5-14(12(2)3)15-10-13(4)11-16-6-8-17-9-7-16/h12-15H,5-11H2,1-4H3/t13-,14-/m0/s1. The SMILES string of the molecule is CC[C@H](NC[C@H](C)CN1CCOCC1)C(C)C. The van der Waals surface area contributed by atoms with Crippen LogP contribution in [0.1, 0.15) is 34.1 Å². The van der Waals surface area contributed by atoms with Gasteiger partial charge in [0.25, 0.3) is 0 Å². The average Bonchev–Trinajstić information content (AvgIpc) is 2.30. The van der Waals surface area contributed by atoms with E-state index >= 15 is 0 Å². The molecule has 1 N–H and O–H groups in total. The predicted molar refractivity (Wildman–Crippen MR) is 73.3 cm³/mol. The summed E-state index contributed by atoms with van der Waals surface area (Å²) in [6.45, 7) is 15.6. The number of rotatable bonds is 7. The van der Waals surface area contributed by atoms with E-state index in [1.165, 1.54) is 13.0 Å². The molecule has 1 fully saturated rings. The molecule has 1 rings (SSSR count). The monoisotopic (exact) mass is 242 g/mol. The number of nitrogens with one attached hydrogen (secondary N) is 1. The quantitative estimate of drug-likeness (QED) is 0.739. The molecule has 1 saturated heterocycles. The van der Waals surface area contributed by atoms with E-state index in [-0.39, 0.29) is 0 Å². The molecule has 0 bridgehead atoms. The highest BCUT2D eigenvalue weighted by atomic mass is 16.5. The Morgan fingerprint density at radius 2 is 1.82 bits per heavy atom. The summed E-state index contributed by atoms with van der Waals surface area (Å²) in [5.74, 6) is 1.46. The number of hydrogen-bond donors (Lipinski definition) is 1. The average molecular weight is 242 g/mol. The lowest BCUT2D eigenvalue weighted by Crippen LogP contribution is -2.42. The van der Waals surface area contributed by atoms with Crippen molar-refractivity contribution in [3.05, 3.63) is 0 Å². The van der Waals surface area contributed by atoms with Crippen molar-refractivity contribution in [3.63, 3.8) is 0 Å². The normalized spacial score (nSPS) is 21.7. The summed E-state index contributed by atoms with van der Waals surface area (Å²) >= 11 is 0. The van der Waals surface area contributed by atoms with E-state index in [1.54, 1.807) is 0 Å². The highest BCUT2D eigenvalue weighted by Gasteiger charge is 2.15. The molecule has 0 aromatic heterocycles. The maximum absolute atomic E-state index is 5.37. The second-order valence-corrected chi connectivity index (χ2v) is 5.69. The summed E-state index contributed by atoms with van der Waals surface area (Å²) in [7, 11) is 0. The first kappa shape index (κ1) is 14.9. The van der Waals surface area contributed by atoms with Crippen molar-refractivity contribution in [1.29, 1.82) is 0 Å². The Bertz CT molecular complexity index is 191. The molecule has 1 heterocycles. The first-order valence-electron chi connectivity index (χ1n) is 7.17. The lowest BCUT2D eigenvalue weighted by atomic mass is 10.0. The topological polar surface area (TPSA) is 24.5 Å². The van der Waals surface area contributed by atoms with Gasteiger partial charge in [-0.25, -0.2) is 0 Å². The molecule has 0 aliphatic carbocycles. The minimum Gasteiger partial charge on any atom is -0.379 e. The highest BCUT2D eigenvalue weighted by Crippen LogP contribution is 2.07. The van der Waals surface area contributed by atoms with Crippen LogP contribution in [-0.4, -0.2) is 50.3 Å². The Kier molecular flexibility index (Phi) is 7.09. The molecule has 102 valence electrons. The minimum absolute atomic E-state index is 0.669. The Morgan fingerprint density at radius 3 is 2.35 bits per heavy atom. The van der Waals surface area contributed by atoms with Crippen LogP contribution in [-0.2, 0) is 4.74 Å². The van der Waals surface area contributed by atoms with Crippen molar-refractivity contribution in [2.75, 3.05) is 39.4 Å². The summed E-state index contributed by atoms with van der Waals surface area (Å²) in [5.41, 5.74) is 0. The number of hydrogen-bond acceptors (Lipinski definition) is 3. The lowest BCUT2D eigenvalue weighted by molar-refractivity contribution is 0.0315. The molecule has 0 aromatic carbocycles. The van der Waals surface area contributed by atoms with Crippen LogP contribution in [0, 0.1) is 11.8 Å². The van der Waals surface area contributed by atoms with Gasteiger partial charge in [0.15, 0.2) is 0 Å². The van der Waals surface area contributed by atoms with Crippen LogP contribution in [0.3, 0.4) is 0 Å². The van der Waals surface area contributed by atoms with E-state index in [0.29, 0.717) is 6.04 Å². The smallest absolute Gasteiger partial charge is 0.0594 e. The second kappa shape index (κ2) is 8.06. The summed E-state index contributed by atoms with van der Waals surface area (Å²) in [5, 5.41) is 3.70. The second-order valence-electron chi connectivity index (χ2n) is 5.69. The number of ether oxygens (including phenoxy) is 1. The van der Waals surface area contributed by atoms with Crippen molar-refractivity contribution in [2.24, 2.45) is 11.8 Å². The molecule has 0 radical (unpaired) electrons. The largest absolute Gasteiger partial charge is 0.379 e. The molecular weight excluding hydrogens is 212 g/mol. The molecule has 0 saturated carbocycles. The van der Waals surface area contributed by atoms with Gasteiger partial charge in [0, 0.05) is 25.7 Å². The molecule has 3 nitrogen and oxygen atoms in total. The van der Waals surface area contributed by atoms with Gasteiger partial charge in [0.05, 0.1) is 13.2 Å². The Hall–Kier alpha value is -0.120. The van der Waals surface area contributed by atoms with Crippen molar-refractivity contribution in [3.8, 4) is 0 Å². The van der Waals surface area contributed by atoms with Crippen LogP contribution < -0.4 is 5.32 Å². The van der Waals surface area contributed by atoms with Crippen molar-refractivity contribution >= 4 is 0 Å². The van der Waals surface area contributed by atoms with E-state index in [1.807, 2.05) is 0 Å². The molecule has 1 aliphatic rings. The molecule has 0 spiro atoms. The van der Waals surface area contributed by atoms with Gasteiger partial charge < -0.3 is 10.1 Å². The molecule has 0 aromatic rings. The number of nitrogens with zero attached hydrogens (tertiary/aromatic N) is 1. The van der Waals surface area contributed by atoms with Gasteiger partial charge in [-0.05, 0) is 24.8 Å². The van der Waals surface area contributed by atoms with Crippen LogP contribution in [0.15, 0.2) is 0 Å². The summed E-state index contributed by atoms with van der Waals surface area (Å²) in [6, 6.07) is 0.669. The van der Waals surface area contributed by atoms with E-state index in [2.05, 4.69) is 37.9 Å². The predicted octanol–water partition coefficient (Wildman–Crippen LogP) is 1.98. The maximum atomic E-state index is 5.37. The molecule has 17 heavy (non-hydrogen) atoms. The summed E-state index contributed by atoms with van der Waals surface area (Å²) in [6.07, 6.45) is 1.22. The molecule has 1 aliphatic heterocycles. The first-order chi connectivity index (χ1) is 8.13. The molecule has 0 unspecified atom stereocenters. The third-order valence-corrected chi connectivity index (χ3v) is 3.65. The van der Waals surface area contributed by atoms with Crippen molar-refractivity contribution in [2.45, 2.75) is 40.2 Å². The van der Waals surface area contributed by atoms with Gasteiger partial charge in [-0.1, -0.05) is 27.7 Å². The van der Waals surface area contributed by atoms with Gasteiger partial charge >= 0.3 is 0 Å². The fourth-order valence-electron chi connectivity index (χ4n) is 2.49. The zero-order valence-electron chi connectivity index (χ0n) is 12.0. The van der Waals surface area contributed by atoms with E-state index in [4.69, 9.17) is 4.74 Å². The van der Waals surface area contributed by atoms with E-state index < -0.39 is 0 Å². The lowest BCUT2D eigenvalue weighted by Gasteiger charge is -2.30. The molecule has 0 amide bonds. The van der Waals surface area contributed by atoms with Gasteiger partial charge in [0.2, 0.25) is 0 Å². The first-order valence-corrected chi connectivity index (χ1v) is 7.17. The highest BCUT2D eigenvalue weighted by molar-refractivity contribution is 4.72. The van der Waals surface area contributed by atoms with Crippen molar-refractivity contribution < 1.29 is 4.74 Å². The molecular formula is C14H30N2O. The fourth-order valence-corrected chi connectivity index (χ4v) is 2.49. The van der Waals surface area contributed by atoms with E-state index in [0.717, 1.165) is 44.7 Å². The van der Waals surface area contributed by atoms with Gasteiger partial charge in [-0.15, -0.1) is 0 Å². The zero-order chi connectivity index (χ0) is 12.7. The number of morpholine rings is 1. The Labute approximate surface area is 107 Å². The van der Waals surface area contributed by atoms with Gasteiger partial charge in [-0.2, -0.15) is 0 Å². The van der Waals surface area contributed by atoms with Crippen LogP contribution in [0.2, 0.25) is 0 Å². The zero-order valence-corrected chi connectivity index (χ0v) is 12.0. The molecule has 3 heteroatoms. The maximum Gasteiger partial charge on any atom is 0.0594 e. The molecule has 2 atom stereocenters. The van der Waals surface area contributed by atoms with Crippen LogP contribution in [0.5, 0.6) is 0 Å². The Balaban J connectivity index is 2.17. The Morgan fingerprint density at radius 1 is 1.18 bits per heavy atom. The fraction of sp³-hybridized carbons (Fsp3) is 1.00. The van der Waals surface area contributed by atoms with E-state index in [9.17, 15) is 0 Å². The third-order valence-electron chi connectivity index (χ3n) is 3.65. The minimum atomic E-state index is 0.669.